The van der Waals surface area contributed by atoms with Gasteiger partial charge in [-0.3, -0.25) is 10.1 Å². The maximum absolute atomic E-state index is 11.0. The summed E-state index contributed by atoms with van der Waals surface area (Å²) in [5, 5.41) is 19.9. The van der Waals surface area contributed by atoms with Crippen LogP contribution in [0.2, 0.25) is 0 Å². The second-order valence-corrected chi connectivity index (χ2v) is 4.96. The minimum Gasteiger partial charge on any atom is -0.369 e. The third kappa shape index (κ3) is 2.84. The lowest BCUT2D eigenvalue weighted by Crippen LogP contribution is -2.32. The second kappa shape index (κ2) is 5.70. The molecule has 0 amide bonds. The molecule has 1 saturated heterocycles. The van der Waals surface area contributed by atoms with Crippen LogP contribution in [0, 0.1) is 21.4 Å². The number of hydrogen-bond donors (Lipinski definition) is 0. The summed E-state index contributed by atoms with van der Waals surface area (Å²) in [5.41, 5.74) is 0.868. The van der Waals surface area contributed by atoms with Crippen LogP contribution in [0.4, 0.5) is 11.4 Å². The molecule has 0 spiro atoms. The fourth-order valence-electron chi connectivity index (χ4n) is 2.60. The molecular formula is C14H17N3O2. The highest BCUT2D eigenvalue weighted by Crippen LogP contribution is 2.29. The molecular weight excluding hydrogens is 242 g/mol. The summed E-state index contributed by atoms with van der Waals surface area (Å²) in [5.74, 6) is 0. The Morgan fingerprint density at radius 3 is 2.89 bits per heavy atom. The Balaban J connectivity index is 2.37. The summed E-state index contributed by atoms with van der Waals surface area (Å²) in [6, 6.07) is 7.14. The van der Waals surface area contributed by atoms with Crippen molar-refractivity contribution in [1.29, 1.82) is 5.26 Å². The maximum Gasteiger partial charge on any atom is 0.289 e. The Morgan fingerprint density at radius 2 is 2.21 bits per heavy atom. The first-order valence-electron chi connectivity index (χ1n) is 6.58. The highest BCUT2D eigenvalue weighted by Gasteiger charge is 2.21. The molecule has 0 radical (unpaired) electrons. The minimum atomic E-state index is -0.482. The Labute approximate surface area is 112 Å². The molecule has 100 valence electrons. The summed E-state index contributed by atoms with van der Waals surface area (Å²) >= 11 is 0. The van der Waals surface area contributed by atoms with Crippen LogP contribution in [0.5, 0.6) is 0 Å². The van der Waals surface area contributed by atoms with Gasteiger partial charge in [0.15, 0.2) is 0 Å². The van der Waals surface area contributed by atoms with E-state index in [0.717, 1.165) is 25.1 Å². The van der Waals surface area contributed by atoms with E-state index < -0.39 is 4.92 Å². The number of nitro benzene ring substituents is 1. The Morgan fingerprint density at radius 1 is 1.42 bits per heavy atom. The van der Waals surface area contributed by atoms with Crippen LogP contribution in [0.25, 0.3) is 0 Å². The molecule has 5 nitrogen and oxygen atoms in total. The van der Waals surface area contributed by atoms with Gasteiger partial charge in [0.05, 0.1) is 4.92 Å². The third-order valence-electron chi connectivity index (χ3n) is 3.68. The number of rotatable bonds is 2. The molecule has 2 rings (SSSR count). The molecule has 1 aliphatic rings. The predicted molar refractivity (Wildman–Crippen MR) is 73.1 cm³/mol. The lowest BCUT2D eigenvalue weighted by molar-refractivity contribution is -0.385. The van der Waals surface area contributed by atoms with E-state index in [2.05, 4.69) is 11.8 Å². The minimum absolute atomic E-state index is 0.101. The zero-order valence-electron chi connectivity index (χ0n) is 11.0. The molecule has 0 bridgehead atoms. The summed E-state index contributed by atoms with van der Waals surface area (Å²) in [6.45, 7) is 3.07. The average Bonchev–Trinajstić information content (AvgIpc) is 2.62. The SMILES string of the molecule is CC1CCCCCN1c1ccc(C#N)c([N+](=O)[O-])c1. The molecule has 1 heterocycles. The maximum atomic E-state index is 11.0. The van der Waals surface area contributed by atoms with Gasteiger partial charge in [-0.1, -0.05) is 12.8 Å². The van der Waals surface area contributed by atoms with Gasteiger partial charge in [0.25, 0.3) is 5.69 Å². The molecule has 1 aromatic rings. The molecule has 1 unspecified atom stereocenters. The molecule has 0 aromatic heterocycles. The quantitative estimate of drug-likeness (QED) is 0.604. The molecule has 1 aliphatic heterocycles. The predicted octanol–water partition coefficient (Wildman–Crippen LogP) is 3.24. The summed E-state index contributed by atoms with van der Waals surface area (Å²) in [7, 11) is 0. The van der Waals surface area contributed by atoms with Gasteiger partial charge in [0, 0.05) is 24.3 Å². The Kier molecular flexibility index (Phi) is 4.00. The number of nitriles is 1. The number of nitro groups is 1. The molecule has 0 aliphatic carbocycles. The first kappa shape index (κ1) is 13.3. The van der Waals surface area contributed by atoms with Crippen LogP contribution in [0.1, 0.15) is 38.2 Å². The fourth-order valence-corrected chi connectivity index (χ4v) is 2.60. The molecule has 5 heteroatoms. The Hall–Kier alpha value is -2.09. The lowest BCUT2D eigenvalue weighted by atomic mass is 10.1. The van der Waals surface area contributed by atoms with Crippen molar-refractivity contribution >= 4 is 11.4 Å². The lowest BCUT2D eigenvalue weighted by Gasteiger charge is -2.29. The molecule has 19 heavy (non-hydrogen) atoms. The molecule has 0 N–H and O–H groups in total. The van der Waals surface area contributed by atoms with Crippen molar-refractivity contribution in [3.8, 4) is 6.07 Å². The second-order valence-electron chi connectivity index (χ2n) is 4.96. The summed E-state index contributed by atoms with van der Waals surface area (Å²) < 4.78 is 0. The van der Waals surface area contributed by atoms with E-state index in [4.69, 9.17) is 5.26 Å². The van der Waals surface area contributed by atoms with Crippen LogP contribution < -0.4 is 4.90 Å². The summed E-state index contributed by atoms with van der Waals surface area (Å²) in [6.07, 6.45) is 4.63. The van der Waals surface area contributed by atoms with Crippen molar-refractivity contribution in [2.24, 2.45) is 0 Å². The number of hydrogen-bond acceptors (Lipinski definition) is 4. The van der Waals surface area contributed by atoms with Gasteiger partial charge in [-0.05, 0) is 31.9 Å². The van der Waals surface area contributed by atoms with Crippen LogP contribution in [-0.4, -0.2) is 17.5 Å². The van der Waals surface area contributed by atoms with Gasteiger partial charge in [0.1, 0.15) is 11.6 Å². The smallest absolute Gasteiger partial charge is 0.289 e. The molecule has 1 fully saturated rings. The first-order chi connectivity index (χ1) is 9.13. The van der Waals surface area contributed by atoms with Crippen LogP contribution in [-0.2, 0) is 0 Å². The molecule has 1 atom stereocenters. The average molecular weight is 259 g/mol. The van der Waals surface area contributed by atoms with E-state index in [9.17, 15) is 10.1 Å². The van der Waals surface area contributed by atoms with E-state index in [1.165, 1.54) is 18.9 Å². The van der Waals surface area contributed by atoms with Crippen molar-refractivity contribution < 1.29 is 4.92 Å². The van der Waals surface area contributed by atoms with Gasteiger partial charge in [-0.15, -0.1) is 0 Å². The highest BCUT2D eigenvalue weighted by molar-refractivity contribution is 5.60. The fraction of sp³-hybridized carbons (Fsp3) is 0.500. The molecule has 0 saturated carbocycles. The van der Waals surface area contributed by atoms with Crippen molar-refractivity contribution in [3.63, 3.8) is 0 Å². The normalized spacial score (nSPS) is 19.6. The van der Waals surface area contributed by atoms with Crippen molar-refractivity contribution in [1.82, 2.24) is 0 Å². The number of benzene rings is 1. The van der Waals surface area contributed by atoms with Gasteiger partial charge in [0.2, 0.25) is 0 Å². The van der Waals surface area contributed by atoms with Crippen molar-refractivity contribution in [2.45, 2.75) is 38.6 Å². The van der Waals surface area contributed by atoms with E-state index in [0.29, 0.717) is 6.04 Å². The van der Waals surface area contributed by atoms with Gasteiger partial charge >= 0.3 is 0 Å². The number of anilines is 1. The standard InChI is InChI=1S/C14H17N3O2/c1-11-5-3-2-4-8-16(11)13-7-6-12(10-15)14(9-13)17(18)19/h6-7,9,11H,2-5,8H2,1H3. The zero-order chi connectivity index (χ0) is 13.8. The van der Waals surface area contributed by atoms with Crippen LogP contribution in [0.3, 0.4) is 0 Å². The van der Waals surface area contributed by atoms with Gasteiger partial charge in [-0.25, -0.2) is 0 Å². The van der Waals surface area contributed by atoms with Crippen LogP contribution >= 0.6 is 0 Å². The first-order valence-corrected chi connectivity index (χ1v) is 6.58. The monoisotopic (exact) mass is 259 g/mol. The largest absolute Gasteiger partial charge is 0.369 e. The topological polar surface area (TPSA) is 70.2 Å². The Bertz CT molecular complexity index is 522. The van der Waals surface area contributed by atoms with E-state index in [-0.39, 0.29) is 11.3 Å². The molecule has 1 aromatic carbocycles. The van der Waals surface area contributed by atoms with Crippen LogP contribution in [0.15, 0.2) is 18.2 Å². The van der Waals surface area contributed by atoms with Crippen molar-refractivity contribution in [2.75, 3.05) is 11.4 Å². The number of nitrogens with zero attached hydrogens (tertiary/aromatic N) is 3. The summed E-state index contributed by atoms with van der Waals surface area (Å²) in [4.78, 5) is 12.7. The van der Waals surface area contributed by atoms with Gasteiger partial charge in [-0.2, -0.15) is 5.26 Å². The van der Waals surface area contributed by atoms with Crippen molar-refractivity contribution in [3.05, 3.63) is 33.9 Å². The highest BCUT2D eigenvalue weighted by atomic mass is 16.6. The van der Waals surface area contributed by atoms with E-state index in [1.807, 2.05) is 12.1 Å². The van der Waals surface area contributed by atoms with E-state index in [1.54, 1.807) is 6.07 Å². The zero-order valence-corrected chi connectivity index (χ0v) is 11.0. The van der Waals surface area contributed by atoms with Gasteiger partial charge < -0.3 is 4.90 Å². The van der Waals surface area contributed by atoms with E-state index >= 15 is 0 Å². The third-order valence-corrected chi connectivity index (χ3v) is 3.68.